The maximum Gasteiger partial charge on any atom is 0.254 e. The van der Waals surface area contributed by atoms with Crippen molar-refractivity contribution in [2.45, 2.75) is 13.0 Å². The summed E-state index contributed by atoms with van der Waals surface area (Å²) in [4.78, 5) is 16.0. The molecule has 2 heterocycles. The van der Waals surface area contributed by atoms with Crippen LogP contribution in [0, 0.1) is 4.64 Å². The SMILES string of the molecule is CC(NC(=O)c1ccc[nH]c1=S)c1cccs1. The summed E-state index contributed by atoms with van der Waals surface area (Å²) in [6.45, 7) is 1.96. The molecule has 0 spiro atoms. The van der Waals surface area contributed by atoms with Gasteiger partial charge >= 0.3 is 0 Å². The molecule has 3 nitrogen and oxygen atoms in total. The van der Waals surface area contributed by atoms with E-state index in [4.69, 9.17) is 12.2 Å². The molecule has 0 bridgehead atoms. The van der Waals surface area contributed by atoms with Gasteiger partial charge in [0, 0.05) is 11.1 Å². The number of H-pyrrole nitrogens is 1. The smallest absolute Gasteiger partial charge is 0.254 e. The van der Waals surface area contributed by atoms with Gasteiger partial charge in [-0.15, -0.1) is 11.3 Å². The minimum absolute atomic E-state index is 0.00268. The Morgan fingerprint density at radius 3 is 2.94 bits per heavy atom. The van der Waals surface area contributed by atoms with E-state index in [2.05, 4.69) is 10.3 Å². The summed E-state index contributed by atoms with van der Waals surface area (Å²) in [7, 11) is 0. The molecule has 0 aliphatic heterocycles. The highest BCUT2D eigenvalue weighted by atomic mass is 32.1. The molecule has 2 aromatic heterocycles. The molecule has 2 N–H and O–H groups in total. The van der Waals surface area contributed by atoms with E-state index in [1.54, 1.807) is 29.7 Å². The van der Waals surface area contributed by atoms with Gasteiger partial charge in [-0.3, -0.25) is 4.79 Å². The van der Waals surface area contributed by atoms with Crippen LogP contribution in [0.4, 0.5) is 0 Å². The first-order valence-electron chi connectivity index (χ1n) is 5.20. The van der Waals surface area contributed by atoms with Crippen LogP contribution in [0.3, 0.4) is 0 Å². The van der Waals surface area contributed by atoms with E-state index in [1.165, 1.54) is 0 Å². The number of amides is 1. The van der Waals surface area contributed by atoms with E-state index < -0.39 is 0 Å². The van der Waals surface area contributed by atoms with Gasteiger partial charge in [0.2, 0.25) is 0 Å². The number of hydrogen-bond acceptors (Lipinski definition) is 3. The van der Waals surface area contributed by atoms with Gasteiger partial charge in [-0.1, -0.05) is 18.3 Å². The van der Waals surface area contributed by atoms with Crippen molar-refractivity contribution >= 4 is 29.5 Å². The number of aromatic amines is 1. The van der Waals surface area contributed by atoms with Crippen LogP contribution in [0.1, 0.15) is 28.2 Å². The van der Waals surface area contributed by atoms with Crippen molar-refractivity contribution < 1.29 is 4.79 Å². The number of aromatic nitrogens is 1. The maximum atomic E-state index is 12.0. The molecule has 0 saturated carbocycles. The monoisotopic (exact) mass is 264 g/mol. The second kappa shape index (κ2) is 5.25. The zero-order chi connectivity index (χ0) is 12.3. The predicted octanol–water partition coefficient (Wildman–Crippen LogP) is 3.30. The van der Waals surface area contributed by atoms with Crippen LogP contribution < -0.4 is 5.32 Å². The Morgan fingerprint density at radius 1 is 1.47 bits per heavy atom. The normalized spacial score (nSPS) is 12.1. The second-order valence-corrected chi connectivity index (χ2v) is 5.01. The number of pyridine rings is 1. The lowest BCUT2D eigenvalue weighted by Gasteiger charge is -2.11. The molecule has 2 aromatic rings. The summed E-state index contributed by atoms with van der Waals surface area (Å²) >= 11 is 6.69. The Labute approximate surface area is 109 Å². The molecule has 0 radical (unpaired) electrons. The zero-order valence-electron chi connectivity index (χ0n) is 9.27. The van der Waals surface area contributed by atoms with Crippen LogP contribution in [0.2, 0.25) is 0 Å². The molecule has 5 heteroatoms. The number of rotatable bonds is 3. The number of nitrogens with one attached hydrogen (secondary N) is 2. The highest BCUT2D eigenvalue weighted by molar-refractivity contribution is 7.71. The van der Waals surface area contributed by atoms with Crippen molar-refractivity contribution in [3.05, 3.63) is 50.9 Å². The molecule has 0 fully saturated rings. The molecule has 88 valence electrons. The molecule has 0 saturated heterocycles. The standard InChI is InChI=1S/C12H12N2OS2/c1-8(10-5-3-7-17-10)14-11(15)9-4-2-6-13-12(9)16/h2-8H,1H3,(H,13,16)(H,14,15). The zero-order valence-corrected chi connectivity index (χ0v) is 10.9. The summed E-state index contributed by atoms with van der Waals surface area (Å²) in [5, 5.41) is 4.92. The first-order chi connectivity index (χ1) is 8.18. The summed E-state index contributed by atoms with van der Waals surface area (Å²) in [5.41, 5.74) is 0.505. The number of carbonyl (C=O) groups is 1. The summed E-state index contributed by atoms with van der Waals surface area (Å²) < 4.78 is 0.461. The van der Waals surface area contributed by atoms with E-state index in [1.807, 2.05) is 24.4 Å². The fourth-order valence-corrected chi connectivity index (χ4v) is 2.45. The number of carbonyl (C=O) groups excluding carboxylic acids is 1. The highest BCUT2D eigenvalue weighted by Gasteiger charge is 2.12. The first-order valence-corrected chi connectivity index (χ1v) is 6.49. The van der Waals surface area contributed by atoms with E-state index >= 15 is 0 Å². The molecule has 0 aromatic carbocycles. The van der Waals surface area contributed by atoms with E-state index in [-0.39, 0.29) is 11.9 Å². The van der Waals surface area contributed by atoms with E-state index in [9.17, 15) is 4.79 Å². The largest absolute Gasteiger partial charge is 0.352 e. The molecule has 17 heavy (non-hydrogen) atoms. The molecule has 2 rings (SSSR count). The van der Waals surface area contributed by atoms with Crippen molar-refractivity contribution in [2.24, 2.45) is 0 Å². The minimum Gasteiger partial charge on any atom is -0.352 e. The fourth-order valence-electron chi connectivity index (χ4n) is 1.48. The average molecular weight is 264 g/mol. The van der Waals surface area contributed by atoms with Crippen molar-refractivity contribution in [1.82, 2.24) is 10.3 Å². The number of hydrogen-bond donors (Lipinski definition) is 2. The quantitative estimate of drug-likeness (QED) is 0.835. The lowest BCUT2D eigenvalue weighted by molar-refractivity contribution is 0.0939. The molecule has 0 aliphatic carbocycles. The highest BCUT2D eigenvalue weighted by Crippen LogP contribution is 2.18. The van der Waals surface area contributed by atoms with Gasteiger partial charge < -0.3 is 10.3 Å². The van der Waals surface area contributed by atoms with Crippen molar-refractivity contribution in [2.75, 3.05) is 0 Å². The van der Waals surface area contributed by atoms with Gasteiger partial charge in [0.05, 0.1) is 11.6 Å². The molecular weight excluding hydrogens is 252 g/mol. The third-order valence-electron chi connectivity index (χ3n) is 2.38. The average Bonchev–Trinajstić information content (AvgIpc) is 2.82. The Hall–Kier alpha value is -1.46. The summed E-state index contributed by atoms with van der Waals surface area (Å²) in [6.07, 6.45) is 1.71. The molecular formula is C12H12N2OS2. The van der Waals surface area contributed by atoms with Gasteiger partial charge in [0.25, 0.3) is 5.91 Å². The van der Waals surface area contributed by atoms with Crippen LogP contribution in [0.25, 0.3) is 0 Å². The minimum atomic E-state index is -0.146. The number of thiophene rings is 1. The fraction of sp³-hybridized carbons (Fsp3) is 0.167. The van der Waals surface area contributed by atoms with Crippen molar-refractivity contribution in [3.63, 3.8) is 0 Å². The van der Waals surface area contributed by atoms with Crippen molar-refractivity contribution in [3.8, 4) is 0 Å². The van der Waals surface area contributed by atoms with Crippen LogP contribution >= 0.6 is 23.6 Å². The van der Waals surface area contributed by atoms with Crippen LogP contribution in [-0.4, -0.2) is 10.9 Å². The maximum absolute atomic E-state index is 12.0. The molecule has 1 atom stereocenters. The molecule has 0 aliphatic rings. The van der Waals surface area contributed by atoms with Gasteiger partial charge in [0.1, 0.15) is 4.64 Å². The summed E-state index contributed by atoms with van der Waals surface area (Å²) in [5.74, 6) is -0.146. The third-order valence-corrected chi connectivity index (χ3v) is 3.77. The lowest BCUT2D eigenvalue weighted by atomic mass is 10.2. The van der Waals surface area contributed by atoms with Crippen LogP contribution in [0.15, 0.2) is 35.8 Å². The predicted molar refractivity (Wildman–Crippen MR) is 71.8 cm³/mol. The molecule has 1 amide bonds. The Morgan fingerprint density at radius 2 is 2.29 bits per heavy atom. The first kappa shape index (κ1) is 12.0. The molecule has 1 unspecified atom stereocenters. The Balaban J connectivity index is 2.13. The van der Waals surface area contributed by atoms with Crippen molar-refractivity contribution in [1.29, 1.82) is 0 Å². The van der Waals surface area contributed by atoms with E-state index in [0.29, 0.717) is 10.2 Å². The van der Waals surface area contributed by atoms with Gasteiger partial charge in [-0.25, -0.2) is 0 Å². The second-order valence-electron chi connectivity index (χ2n) is 3.62. The van der Waals surface area contributed by atoms with Gasteiger partial charge in [-0.05, 0) is 30.5 Å². The van der Waals surface area contributed by atoms with Gasteiger partial charge in [0.15, 0.2) is 0 Å². The van der Waals surface area contributed by atoms with Crippen LogP contribution in [0.5, 0.6) is 0 Å². The summed E-state index contributed by atoms with van der Waals surface area (Å²) in [6, 6.07) is 7.45. The van der Waals surface area contributed by atoms with Gasteiger partial charge in [-0.2, -0.15) is 0 Å². The topological polar surface area (TPSA) is 44.9 Å². The Kier molecular flexibility index (Phi) is 3.71. The lowest BCUT2D eigenvalue weighted by Crippen LogP contribution is -2.26. The van der Waals surface area contributed by atoms with E-state index in [0.717, 1.165) is 4.88 Å². The Bertz CT molecular complexity index is 560. The third kappa shape index (κ3) is 2.81. The van der Waals surface area contributed by atoms with Crippen LogP contribution in [-0.2, 0) is 0 Å².